The standard InChI is InChI=1S/C30H27N3O7/c1-3-16-4-10-21-20(12-16)30(29(39)31-21)26-25(22(32-30)13-17-5-11-23(35)24(36)14-17)27(37)33(28(26)38)18-6-8-19(9-7-18)40-15(2)34/h4-12,14,22,25-26,32,35-36H,3,13H2,1-2H3,(H,31,39)/t22-,25-,26-,30+/m1/s1. The molecule has 10 nitrogen and oxygen atoms in total. The first kappa shape index (κ1) is 25.6. The second-order valence-electron chi connectivity index (χ2n) is 10.4. The molecule has 10 heteroatoms. The molecule has 6 rings (SSSR count). The molecule has 0 saturated carbocycles. The molecule has 0 unspecified atom stereocenters. The molecule has 0 bridgehead atoms. The maximum atomic E-state index is 14.2. The van der Waals surface area contributed by atoms with Gasteiger partial charge in [-0.15, -0.1) is 0 Å². The molecule has 4 atom stereocenters. The first-order valence-corrected chi connectivity index (χ1v) is 13.0. The lowest BCUT2D eigenvalue weighted by atomic mass is 9.76. The first-order valence-electron chi connectivity index (χ1n) is 13.0. The average Bonchev–Trinajstić information content (AvgIpc) is 3.50. The minimum absolute atomic E-state index is 0.213. The van der Waals surface area contributed by atoms with Crippen LogP contribution in [0, 0.1) is 11.8 Å². The van der Waals surface area contributed by atoms with E-state index in [1.54, 1.807) is 6.07 Å². The fraction of sp³-hybridized carbons (Fsp3) is 0.267. The molecule has 4 N–H and O–H groups in total. The summed E-state index contributed by atoms with van der Waals surface area (Å²) in [5.74, 6) is -4.10. The van der Waals surface area contributed by atoms with Crippen molar-refractivity contribution in [1.82, 2.24) is 5.32 Å². The van der Waals surface area contributed by atoms with Gasteiger partial charge in [0.15, 0.2) is 11.5 Å². The van der Waals surface area contributed by atoms with Crippen molar-refractivity contribution in [2.24, 2.45) is 11.8 Å². The molecule has 40 heavy (non-hydrogen) atoms. The second kappa shape index (κ2) is 9.20. The Morgan fingerprint density at radius 1 is 0.950 bits per heavy atom. The summed E-state index contributed by atoms with van der Waals surface area (Å²) >= 11 is 0. The lowest BCUT2D eigenvalue weighted by molar-refractivity contribution is -0.132. The third-order valence-electron chi connectivity index (χ3n) is 8.04. The lowest BCUT2D eigenvalue weighted by Gasteiger charge is -2.30. The summed E-state index contributed by atoms with van der Waals surface area (Å²) in [5, 5.41) is 26.1. The van der Waals surface area contributed by atoms with E-state index in [4.69, 9.17) is 4.74 Å². The zero-order chi connectivity index (χ0) is 28.3. The van der Waals surface area contributed by atoms with Crippen LogP contribution in [0.3, 0.4) is 0 Å². The number of phenols is 2. The van der Waals surface area contributed by atoms with Crippen LogP contribution in [0.1, 0.15) is 30.5 Å². The van der Waals surface area contributed by atoms with E-state index in [1.807, 2.05) is 25.1 Å². The molecule has 3 aliphatic rings. The number of amides is 3. The number of esters is 1. The van der Waals surface area contributed by atoms with Crippen molar-refractivity contribution in [2.75, 3.05) is 10.2 Å². The average molecular weight is 542 g/mol. The summed E-state index contributed by atoms with van der Waals surface area (Å²) < 4.78 is 5.08. The van der Waals surface area contributed by atoms with Gasteiger partial charge in [-0.25, -0.2) is 4.90 Å². The Hall–Kier alpha value is -4.70. The van der Waals surface area contributed by atoms with E-state index in [9.17, 15) is 29.4 Å². The topological polar surface area (TPSA) is 145 Å². The van der Waals surface area contributed by atoms with Crippen molar-refractivity contribution < 1.29 is 34.1 Å². The number of aryl methyl sites for hydroxylation is 1. The van der Waals surface area contributed by atoms with Crippen molar-refractivity contribution in [3.8, 4) is 17.2 Å². The van der Waals surface area contributed by atoms with Gasteiger partial charge in [-0.1, -0.05) is 25.1 Å². The van der Waals surface area contributed by atoms with Crippen LogP contribution in [0.25, 0.3) is 0 Å². The lowest BCUT2D eigenvalue weighted by Crippen LogP contribution is -2.53. The van der Waals surface area contributed by atoms with Crippen LogP contribution in [-0.2, 0) is 37.6 Å². The Morgan fingerprint density at radius 2 is 1.68 bits per heavy atom. The third-order valence-corrected chi connectivity index (χ3v) is 8.04. The number of benzene rings is 3. The number of carbonyl (C=O) groups is 4. The van der Waals surface area contributed by atoms with Crippen LogP contribution in [0.5, 0.6) is 17.2 Å². The Balaban J connectivity index is 1.45. The smallest absolute Gasteiger partial charge is 0.308 e. The van der Waals surface area contributed by atoms with Crippen LogP contribution in [0.4, 0.5) is 11.4 Å². The van der Waals surface area contributed by atoms with Gasteiger partial charge in [0.05, 0.1) is 17.5 Å². The molecular formula is C30H27N3O7. The molecule has 2 fully saturated rings. The van der Waals surface area contributed by atoms with Gasteiger partial charge >= 0.3 is 5.97 Å². The van der Waals surface area contributed by atoms with Gasteiger partial charge in [-0.2, -0.15) is 0 Å². The van der Waals surface area contributed by atoms with Crippen molar-refractivity contribution in [1.29, 1.82) is 0 Å². The number of aromatic hydroxyl groups is 2. The summed E-state index contributed by atoms with van der Waals surface area (Å²) in [7, 11) is 0. The number of fused-ring (bicyclic) bond motifs is 4. The van der Waals surface area contributed by atoms with Crippen molar-refractivity contribution in [2.45, 2.75) is 38.3 Å². The molecule has 3 aromatic carbocycles. The Kier molecular flexibility index (Phi) is 5.88. The Bertz CT molecular complexity index is 1580. The molecule has 1 spiro atoms. The van der Waals surface area contributed by atoms with Crippen LogP contribution in [-0.4, -0.2) is 39.9 Å². The fourth-order valence-corrected chi connectivity index (χ4v) is 6.28. The van der Waals surface area contributed by atoms with Gasteiger partial charge in [-0.3, -0.25) is 24.5 Å². The molecule has 3 amide bonds. The van der Waals surface area contributed by atoms with Crippen molar-refractivity contribution in [3.63, 3.8) is 0 Å². The number of phenolic OH excluding ortho intramolecular Hbond substituents is 2. The molecule has 0 aliphatic carbocycles. The molecule has 3 heterocycles. The SMILES string of the molecule is CCc1ccc2c(c1)[C@@]1(N[C@H](Cc3ccc(O)c(O)c3)[C@H]3C(=O)N(c4ccc(OC(C)=O)cc4)C(=O)[C@@H]31)C(=O)N2. The van der Waals surface area contributed by atoms with Crippen LogP contribution < -0.4 is 20.3 Å². The van der Waals surface area contributed by atoms with E-state index in [0.717, 1.165) is 16.9 Å². The molecule has 0 radical (unpaired) electrons. The van der Waals surface area contributed by atoms with E-state index in [2.05, 4.69) is 10.6 Å². The van der Waals surface area contributed by atoms with E-state index in [-0.39, 0.29) is 23.7 Å². The molecule has 204 valence electrons. The molecular weight excluding hydrogens is 514 g/mol. The van der Waals surface area contributed by atoms with Crippen LogP contribution in [0.15, 0.2) is 60.7 Å². The summed E-state index contributed by atoms with van der Waals surface area (Å²) in [6, 6.07) is 15.4. The van der Waals surface area contributed by atoms with Gasteiger partial charge in [0.1, 0.15) is 11.3 Å². The number of nitrogens with one attached hydrogen (secondary N) is 2. The Labute approximate surface area is 229 Å². The summed E-state index contributed by atoms with van der Waals surface area (Å²) in [5.41, 5.74) is 1.63. The zero-order valence-corrected chi connectivity index (χ0v) is 21.8. The second-order valence-corrected chi connectivity index (χ2v) is 10.4. The van der Waals surface area contributed by atoms with Gasteiger partial charge < -0.3 is 20.3 Å². The largest absolute Gasteiger partial charge is 0.504 e. The van der Waals surface area contributed by atoms with Crippen LogP contribution >= 0.6 is 0 Å². The summed E-state index contributed by atoms with van der Waals surface area (Å²) in [6.45, 7) is 3.27. The monoisotopic (exact) mass is 541 g/mol. The highest BCUT2D eigenvalue weighted by Gasteiger charge is 2.70. The number of hydrogen-bond donors (Lipinski definition) is 4. The van der Waals surface area contributed by atoms with E-state index in [1.165, 1.54) is 43.3 Å². The number of ether oxygens (including phenoxy) is 1. The van der Waals surface area contributed by atoms with Crippen molar-refractivity contribution in [3.05, 3.63) is 77.4 Å². The van der Waals surface area contributed by atoms with E-state index in [0.29, 0.717) is 22.5 Å². The fourth-order valence-electron chi connectivity index (χ4n) is 6.28. The number of carbonyl (C=O) groups excluding carboxylic acids is 4. The first-order chi connectivity index (χ1) is 19.1. The number of imide groups is 1. The third kappa shape index (κ3) is 3.75. The maximum absolute atomic E-state index is 14.2. The predicted molar refractivity (Wildman–Crippen MR) is 144 cm³/mol. The quantitative estimate of drug-likeness (QED) is 0.167. The summed E-state index contributed by atoms with van der Waals surface area (Å²) in [6.07, 6.45) is 0.931. The van der Waals surface area contributed by atoms with E-state index >= 15 is 0 Å². The molecule has 0 aromatic heterocycles. The van der Waals surface area contributed by atoms with Gasteiger partial charge in [-0.05, 0) is 66.4 Å². The molecule has 3 aromatic rings. The number of rotatable bonds is 5. The minimum Gasteiger partial charge on any atom is -0.504 e. The van der Waals surface area contributed by atoms with Gasteiger partial charge in [0.2, 0.25) is 17.7 Å². The highest BCUT2D eigenvalue weighted by Crippen LogP contribution is 2.54. The highest BCUT2D eigenvalue weighted by atomic mass is 16.5. The maximum Gasteiger partial charge on any atom is 0.308 e. The number of hydrogen-bond acceptors (Lipinski definition) is 8. The van der Waals surface area contributed by atoms with Gasteiger partial charge in [0.25, 0.3) is 0 Å². The van der Waals surface area contributed by atoms with Gasteiger partial charge in [0, 0.05) is 24.2 Å². The molecule has 3 aliphatic heterocycles. The minimum atomic E-state index is -1.48. The summed E-state index contributed by atoms with van der Waals surface area (Å²) in [4.78, 5) is 54.4. The number of nitrogens with zero attached hydrogens (tertiary/aromatic N) is 1. The van der Waals surface area contributed by atoms with E-state index < -0.39 is 47.1 Å². The Morgan fingerprint density at radius 3 is 2.35 bits per heavy atom. The van der Waals surface area contributed by atoms with Crippen LogP contribution in [0.2, 0.25) is 0 Å². The predicted octanol–water partition coefficient (Wildman–Crippen LogP) is 2.75. The normalized spacial score (nSPS) is 24.8. The zero-order valence-electron chi connectivity index (χ0n) is 21.8. The molecule has 2 saturated heterocycles. The van der Waals surface area contributed by atoms with Crippen molar-refractivity contribution >= 4 is 35.1 Å². The number of anilines is 2. The highest BCUT2D eigenvalue weighted by molar-refractivity contribution is 6.25.